The molecule has 2 amide bonds. The molecule has 0 bridgehead atoms. The van der Waals surface area contributed by atoms with Gasteiger partial charge in [-0.25, -0.2) is 0 Å². The van der Waals surface area contributed by atoms with Crippen molar-refractivity contribution in [3.8, 4) is 0 Å². The van der Waals surface area contributed by atoms with E-state index in [9.17, 15) is 9.59 Å². The first kappa shape index (κ1) is 19.4. The lowest BCUT2D eigenvalue weighted by atomic mass is 9.91. The number of rotatable bonds is 4. The van der Waals surface area contributed by atoms with E-state index in [1.54, 1.807) is 0 Å². The molecule has 152 valence electrons. The summed E-state index contributed by atoms with van der Waals surface area (Å²) in [4.78, 5) is 27.2. The van der Waals surface area contributed by atoms with Crippen LogP contribution < -0.4 is 10.6 Å². The van der Waals surface area contributed by atoms with Crippen LogP contribution in [0, 0.1) is 5.92 Å². The van der Waals surface area contributed by atoms with Crippen molar-refractivity contribution in [2.24, 2.45) is 5.92 Å². The largest absolute Gasteiger partial charge is 0.349 e. The van der Waals surface area contributed by atoms with Crippen molar-refractivity contribution in [3.05, 3.63) is 35.4 Å². The van der Waals surface area contributed by atoms with Crippen LogP contribution in [0.4, 0.5) is 0 Å². The summed E-state index contributed by atoms with van der Waals surface area (Å²) in [5.41, 5.74) is 2.06. The normalized spacial score (nSPS) is 24.3. The van der Waals surface area contributed by atoms with Crippen LogP contribution in [0.5, 0.6) is 0 Å². The average molecular weight is 384 g/mol. The molecule has 1 aromatic rings. The van der Waals surface area contributed by atoms with Gasteiger partial charge in [-0.3, -0.25) is 9.59 Å². The van der Waals surface area contributed by atoms with Gasteiger partial charge in [0, 0.05) is 37.2 Å². The van der Waals surface area contributed by atoms with E-state index >= 15 is 0 Å². The molecule has 0 spiro atoms. The molecule has 1 aliphatic carbocycles. The Morgan fingerprint density at radius 3 is 2.29 bits per heavy atom. The Morgan fingerprint density at radius 2 is 1.64 bits per heavy atom. The summed E-state index contributed by atoms with van der Waals surface area (Å²) in [5.74, 6) is 1.17. The number of nitrogens with zero attached hydrogens (tertiary/aromatic N) is 1. The second-order valence-corrected chi connectivity index (χ2v) is 8.72. The van der Waals surface area contributed by atoms with E-state index in [4.69, 9.17) is 0 Å². The Kier molecular flexibility index (Phi) is 6.30. The van der Waals surface area contributed by atoms with E-state index in [0.29, 0.717) is 11.8 Å². The molecular weight excluding hydrogens is 350 g/mol. The van der Waals surface area contributed by atoms with Gasteiger partial charge < -0.3 is 15.5 Å². The molecule has 0 unspecified atom stereocenters. The average Bonchev–Trinajstić information content (AvgIpc) is 3.29. The summed E-state index contributed by atoms with van der Waals surface area (Å²) in [6, 6.07) is 8.29. The van der Waals surface area contributed by atoms with E-state index in [1.165, 1.54) is 31.2 Å². The summed E-state index contributed by atoms with van der Waals surface area (Å²) in [6.45, 7) is 3.69. The topological polar surface area (TPSA) is 61.4 Å². The first-order chi connectivity index (χ1) is 13.7. The highest BCUT2D eigenvalue weighted by molar-refractivity contribution is 5.94. The smallest absolute Gasteiger partial charge is 0.251 e. The number of likely N-dealkylation sites (tertiary alicyclic amines) is 1. The van der Waals surface area contributed by atoms with Crippen molar-refractivity contribution < 1.29 is 9.59 Å². The molecule has 1 aromatic carbocycles. The SMILES string of the molecule is O=C(NC1CCN(C(=O)C2CCCC2)CC1)c1ccc([C@H]2CCCNC2)cc1. The minimum Gasteiger partial charge on any atom is -0.349 e. The number of hydrogen-bond donors (Lipinski definition) is 2. The third-order valence-corrected chi connectivity index (χ3v) is 6.79. The summed E-state index contributed by atoms with van der Waals surface area (Å²) >= 11 is 0. The van der Waals surface area contributed by atoms with Crippen molar-refractivity contribution in [1.82, 2.24) is 15.5 Å². The fourth-order valence-corrected chi connectivity index (χ4v) is 4.99. The standard InChI is InChI=1S/C23H33N3O2/c27-22(18-9-7-17(8-10-18)20-6-3-13-24-16-20)25-21-11-14-26(15-12-21)23(28)19-4-1-2-5-19/h7-10,19-21,24H,1-6,11-16H2,(H,25,27)/t20-/m0/s1. The first-order valence-electron chi connectivity index (χ1n) is 11.1. The van der Waals surface area contributed by atoms with E-state index < -0.39 is 0 Å². The fraction of sp³-hybridized carbons (Fsp3) is 0.652. The van der Waals surface area contributed by atoms with Gasteiger partial charge in [0.25, 0.3) is 5.91 Å². The lowest BCUT2D eigenvalue weighted by Crippen LogP contribution is -2.47. The van der Waals surface area contributed by atoms with Gasteiger partial charge >= 0.3 is 0 Å². The van der Waals surface area contributed by atoms with Crippen LogP contribution in [0.3, 0.4) is 0 Å². The van der Waals surface area contributed by atoms with Crippen molar-refractivity contribution >= 4 is 11.8 Å². The third-order valence-electron chi connectivity index (χ3n) is 6.79. The Labute approximate surface area is 168 Å². The fourth-order valence-electron chi connectivity index (χ4n) is 4.99. The zero-order valence-electron chi connectivity index (χ0n) is 16.8. The van der Waals surface area contributed by atoms with Gasteiger partial charge in [-0.2, -0.15) is 0 Å². The van der Waals surface area contributed by atoms with Gasteiger partial charge in [-0.15, -0.1) is 0 Å². The highest BCUT2D eigenvalue weighted by Gasteiger charge is 2.30. The van der Waals surface area contributed by atoms with Crippen LogP contribution in [-0.4, -0.2) is 48.9 Å². The molecule has 28 heavy (non-hydrogen) atoms. The minimum absolute atomic E-state index is 0.00823. The maximum Gasteiger partial charge on any atom is 0.251 e. The summed E-state index contributed by atoms with van der Waals surface area (Å²) in [7, 11) is 0. The van der Waals surface area contributed by atoms with Crippen molar-refractivity contribution in [3.63, 3.8) is 0 Å². The molecule has 1 saturated carbocycles. The number of nitrogens with one attached hydrogen (secondary N) is 2. The van der Waals surface area contributed by atoms with Gasteiger partial charge in [-0.05, 0) is 68.7 Å². The molecule has 2 heterocycles. The number of carbonyl (C=O) groups excluding carboxylic acids is 2. The van der Waals surface area contributed by atoms with Crippen LogP contribution in [-0.2, 0) is 4.79 Å². The zero-order chi connectivity index (χ0) is 19.3. The summed E-state index contributed by atoms with van der Waals surface area (Å²) in [6.07, 6.45) is 8.65. The third kappa shape index (κ3) is 4.57. The van der Waals surface area contributed by atoms with E-state index in [-0.39, 0.29) is 17.9 Å². The van der Waals surface area contributed by atoms with Crippen LogP contribution in [0.1, 0.15) is 73.2 Å². The lowest BCUT2D eigenvalue weighted by Gasteiger charge is -2.34. The lowest BCUT2D eigenvalue weighted by molar-refractivity contribution is -0.136. The van der Waals surface area contributed by atoms with Gasteiger partial charge in [0.05, 0.1) is 0 Å². The summed E-state index contributed by atoms with van der Waals surface area (Å²) < 4.78 is 0. The minimum atomic E-state index is 0.00823. The van der Waals surface area contributed by atoms with E-state index in [1.807, 2.05) is 17.0 Å². The molecule has 5 heteroatoms. The van der Waals surface area contributed by atoms with Crippen molar-refractivity contribution in [1.29, 1.82) is 0 Å². The Hall–Kier alpha value is -1.88. The van der Waals surface area contributed by atoms with Crippen LogP contribution >= 0.6 is 0 Å². The van der Waals surface area contributed by atoms with E-state index in [2.05, 4.69) is 22.8 Å². The molecule has 2 N–H and O–H groups in total. The van der Waals surface area contributed by atoms with E-state index in [0.717, 1.165) is 57.4 Å². The number of carbonyl (C=O) groups is 2. The second-order valence-electron chi connectivity index (χ2n) is 8.72. The van der Waals surface area contributed by atoms with Gasteiger partial charge in [0.2, 0.25) is 5.91 Å². The van der Waals surface area contributed by atoms with Crippen LogP contribution in [0.2, 0.25) is 0 Å². The zero-order valence-corrected chi connectivity index (χ0v) is 16.8. The Bertz CT molecular complexity index is 668. The molecule has 0 aromatic heterocycles. The number of piperidine rings is 2. The highest BCUT2D eigenvalue weighted by Crippen LogP contribution is 2.28. The van der Waals surface area contributed by atoms with Gasteiger partial charge in [-0.1, -0.05) is 25.0 Å². The molecule has 5 nitrogen and oxygen atoms in total. The van der Waals surface area contributed by atoms with Crippen molar-refractivity contribution in [2.75, 3.05) is 26.2 Å². The molecule has 1 atom stereocenters. The quantitative estimate of drug-likeness (QED) is 0.840. The summed E-state index contributed by atoms with van der Waals surface area (Å²) in [5, 5.41) is 6.62. The highest BCUT2D eigenvalue weighted by atomic mass is 16.2. The van der Waals surface area contributed by atoms with Gasteiger partial charge in [0.15, 0.2) is 0 Å². The first-order valence-corrected chi connectivity index (χ1v) is 11.1. The second kappa shape index (κ2) is 9.08. The monoisotopic (exact) mass is 383 g/mol. The molecule has 0 radical (unpaired) electrons. The number of amides is 2. The molecule has 3 aliphatic rings. The number of benzene rings is 1. The molecule has 3 fully saturated rings. The number of hydrogen-bond acceptors (Lipinski definition) is 3. The molecule has 4 rings (SSSR count). The van der Waals surface area contributed by atoms with Crippen LogP contribution in [0.25, 0.3) is 0 Å². The van der Waals surface area contributed by atoms with Crippen LogP contribution in [0.15, 0.2) is 24.3 Å². The molecular formula is C23H33N3O2. The van der Waals surface area contributed by atoms with Gasteiger partial charge in [0.1, 0.15) is 0 Å². The van der Waals surface area contributed by atoms with Crippen molar-refractivity contribution in [2.45, 2.75) is 63.3 Å². The maximum absolute atomic E-state index is 12.6. The Morgan fingerprint density at radius 1 is 0.929 bits per heavy atom. The molecule has 2 aliphatic heterocycles. The Balaban J connectivity index is 1.25. The predicted molar refractivity (Wildman–Crippen MR) is 110 cm³/mol. The predicted octanol–water partition coefficient (Wildman–Crippen LogP) is 3.06. The molecule has 2 saturated heterocycles. The maximum atomic E-state index is 12.6.